The van der Waals surface area contributed by atoms with E-state index in [-0.39, 0.29) is 10.8 Å². The van der Waals surface area contributed by atoms with Crippen molar-refractivity contribution in [2.45, 2.75) is 9.79 Å². The number of pyridine rings is 1. The summed E-state index contributed by atoms with van der Waals surface area (Å²) in [5, 5.41) is 3.04. The number of hydrogen-bond donors (Lipinski definition) is 2. The first-order valence-corrected chi connectivity index (χ1v) is 14.5. The highest BCUT2D eigenvalue weighted by Gasteiger charge is 2.23. The summed E-state index contributed by atoms with van der Waals surface area (Å²) in [5.41, 5.74) is -2.12. The molecule has 0 saturated heterocycles. The number of aromatic nitrogens is 1. The van der Waals surface area contributed by atoms with Gasteiger partial charge in [-0.15, -0.1) is 11.3 Å². The predicted octanol–water partition coefficient (Wildman–Crippen LogP) is 3.81. The minimum Gasteiger partial charge on any atom is -0.497 e. The molecule has 0 saturated carbocycles. The second-order valence-corrected chi connectivity index (χ2v) is 12.5. The molecule has 2 aromatic heterocycles. The Morgan fingerprint density at radius 1 is 0.684 bits per heavy atom. The van der Waals surface area contributed by atoms with Crippen LogP contribution < -0.4 is 15.9 Å². The van der Waals surface area contributed by atoms with E-state index >= 15 is 0 Å². The molecule has 0 aliphatic rings. The molecule has 38 heavy (non-hydrogen) atoms. The van der Waals surface area contributed by atoms with Gasteiger partial charge in [-0.2, -0.15) is 16.8 Å². The van der Waals surface area contributed by atoms with Crippen molar-refractivity contribution in [1.82, 2.24) is 4.57 Å². The third-order valence-corrected chi connectivity index (χ3v) is 9.20. The van der Waals surface area contributed by atoms with Crippen molar-refractivity contribution in [3.8, 4) is 11.4 Å². The average Bonchev–Trinajstić information content (AvgIpc) is 2.87. The molecule has 192 valence electrons. The Hall–Kier alpha value is -3.88. The second-order valence-electron chi connectivity index (χ2n) is 8.54. The van der Waals surface area contributed by atoms with Gasteiger partial charge in [0.15, 0.2) is 0 Å². The van der Waals surface area contributed by atoms with E-state index in [1.54, 1.807) is 31.4 Å². The molecule has 0 bridgehead atoms. The molecule has 0 atom stereocenters. The maximum Gasteiger partial charge on any atom is 0.294 e. The highest BCUT2D eigenvalue weighted by atomic mass is 32.2. The van der Waals surface area contributed by atoms with Crippen molar-refractivity contribution in [2.75, 3.05) is 7.11 Å². The highest BCUT2D eigenvalue weighted by molar-refractivity contribution is 7.86. The first-order chi connectivity index (χ1) is 17.9. The minimum atomic E-state index is -4.96. The zero-order valence-electron chi connectivity index (χ0n) is 19.2. The van der Waals surface area contributed by atoms with Crippen LogP contribution in [0.15, 0.2) is 80.0 Å². The quantitative estimate of drug-likeness (QED) is 0.183. The van der Waals surface area contributed by atoms with E-state index in [0.29, 0.717) is 27.2 Å². The normalized spacial score (nSPS) is 12.7. The zero-order chi connectivity index (χ0) is 27.1. The lowest BCUT2D eigenvalue weighted by Crippen LogP contribution is -2.32. The van der Waals surface area contributed by atoms with Gasteiger partial charge in [0.05, 0.1) is 22.6 Å². The number of hydrogen-bond acceptors (Lipinski definition) is 8. The van der Waals surface area contributed by atoms with Gasteiger partial charge in [0.2, 0.25) is 0 Å². The maximum absolute atomic E-state index is 13.7. The lowest BCUT2D eigenvalue weighted by atomic mass is 9.97. The third kappa shape index (κ3) is 3.59. The van der Waals surface area contributed by atoms with Crippen molar-refractivity contribution in [2.24, 2.45) is 0 Å². The Bertz CT molecular complexity index is 2240. The fourth-order valence-corrected chi connectivity index (χ4v) is 7.00. The van der Waals surface area contributed by atoms with Gasteiger partial charge in [0, 0.05) is 36.3 Å². The van der Waals surface area contributed by atoms with Crippen LogP contribution in [0.2, 0.25) is 0 Å². The van der Waals surface area contributed by atoms with Crippen LogP contribution in [0.4, 0.5) is 0 Å². The number of ether oxygens (including phenoxy) is 1. The van der Waals surface area contributed by atoms with Crippen LogP contribution in [0, 0.1) is 0 Å². The van der Waals surface area contributed by atoms with Gasteiger partial charge in [0.1, 0.15) is 5.75 Å². The van der Waals surface area contributed by atoms with Crippen molar-refractivity contribution >= 4 is 73.3 Å². The third-order valence-electron chi connectivity index (χ3n) is 6.40. The number of methoxy groups -OCH3 is 1. The Morgan fingerprint density at radius 2 is 1.24 bits per heavy atom. The topological polar surface area (TPSA) is 157 Å². The monoisotopic (exact) mass is 569 g/mol. The second kappa shape index (κ2) is 8.06. The largest absolute Gasteiger partial charge is 0.497 e. The molecule has 0 radical (unpaired) electrons. The maximum atomic E-state index is 13.7. The van der Waals surface area contributed by atoms with Crippen LogP contribution in [0.5, 0.6) is 5.75 Å². The number of fused-ring (bicyclic) bond motifs is 2. The van der Waals surface area contributed by atoms with E-state index in [1.807, 2.05) is 18.2 Å². The van der Waals surface area contributed by atoms with Gasteiger partial charge < -0.3 is 4.74 Å². The van der Waals surface area contributed by atoms with Gasteiger partial charge >= 0.3 is 0 Å². The van der Waals surface area contributed by atoms with E-state index in [0.717, 1.165) is 32.3 Å². The van der Waals surface area contributed by atoms with Crippen LogP contribution in [-0.4, -0.2) is 37.6 Å². The Balaban J connectivity index is 1.77. The number of nitrogens with zero attached hydrogens (tertiary/aromatic N) is 1. The summed E-state index contributed by atoms with van der Waals surface area (Å²) in [6.07, 6.45) is 0. The van der Waals surface area contributed by atoms with E-state index in [2.05, 4.69) is 0 Å². The molecule has 4 aromatic carbocycles. The van der Waals surface area contributed by atoms with Crippen molar-refractivity contribution in [3.63, 3.8) is 0 Å². The molecule has 10 nitrogen and oxygen atoms in total. The van der Waals surface area contributed by atoms with Crippen molar-refractivity contribution in [1.29, 1.82) is 0 Å². The van der Waals surface area contributed by atoms with E-state index < -0.39 is 46.8 Å². The molecule has 13 heteroatoms. The van der Waals surface area contributed by atoms with Gasteiger partial charge in [-0.25, -0.2) is 4.57 Å². The summed E-state index contributed by atoms with van der Waals surface area (Å²) >= 11 is 1.47. The Kier molecular flexibility index (Phi) is 5.19. The fraction of sp³-hybridized carbons (Fsp3) is 0.0400. The lowest BCUT2D eigenvalue weighted by molar-refractivity contribution is 0.415. The lowest BCUT2D eigenvalue weighted by Gasteiger charge is -2.15. The van der Waals surface area contributed by atoms with Crippen LogP contribution in [-0.2, 0) is 20.2 Å². The Labute approximate surface area is 217 Å². The van der Waals surface area contributed by atoms with Crippen LogP contribution in [0.3, 0.4) is 0 Å². The van der Waals surface area contributed by atoms with E-state index in [9.17, 15) is 35.5 Å². The summed E-state index contributed by atoms with van der Waals surface area (Å²) in [7, 11) is -8.37. The number of rotatable bonds is 4. The molecule has 0 aliphatic carbocycles. The molecular formula is C25H15NO9S3. The summed E-state index contributed by atoms with van der Waals surface area (Å²) in [5.74, 6) is 0.639. The van der Waals surface area contributed by atoms with E-state index in [4.69, 9.17) is 4.74 Å². The first kappa shape index (κ1) is 24.5. The highest BCUT2D eigenvalue weighted by Crippen LogP contribution is 2.40. The molecule has 0 unspecified atom stereocenters. The number of benzene rings is 4. The van der Waals surface area contributed by atoms with Crippen LogP contribution in [0.25, 0.3) is 47.4 Å². The van der Waals surface area contributed by atoms with Crippen LogP contribution >= 0.6 is 11.3 Å². The molecule has 2 N–H and O–H groups in total. The molecule has 0 fully saturated rings. The zero-order valence-corrected chi connectivity index (χ0v) is 21.6. The Morgan fingerprint density at radius 3 is 1.82 bits per heavy atom. The van der Waals surface area contributed by atoms with Gasteiger partial charge in [0.25, 0.3) is 31.4 Å². The molecular weight excluding hydrogens is 554 g/mol. The molecule has 6 aromatic rings. The summed E-state index contributed by atoms with van der Waals surface area (Å²) in [4.78, 5) is 25.5. The SMILES string of the molecule is COc1ccc2sc3ccc4c(=O)n(-c5cc(S(=O)(=O)O)cc(S(=O)(=O)O)c5)c(=O)c5ccc(c2c1)c3c45. The fourth-order valence-electron chi connectivity index (χ4n) is 4.74. The van der Waals surface area contributed by atoms with Crippen molar-refractivity contribution in [3.05, 3.63) is 81.4 Å². The van der Waals surface area contributed by atoms with Gasteiger partial charge in [-0.1, -0.05) is 6.07 Å². The molecule has 0 amide bonds. The molecule has 0 aliphatic heterocycles. The van der Waals surface area contributed by atoms with Gasteiger partial charge in [-0.3, -0.25) is 18.7 Å². The summed E-state index contributed by atoms with van der Waals surface area (Å²) in [6, 6.07) is 14.3. The smallest absolute Gasteiger partial charge is 0.294 e. The van der Waals surface area contributed by atoms with Gasteiger partial charge in [-0.05, 0) is 60.0 Å². The first-order valence-electron chi connectivity index (χ1n) is 10.8. The van der Waals surface area contributed by atoms with Crippen molar-refractivity contribution < 1.29 is 30.7 Å². The average molecular weight is 570 g/mol. The summed E-state index contributed by atoms with van der Waals surface area (Å²) < 4.78 is 74.0. The standard InChI is InChI=1S/C25H15NO9S3/c1-35-13-2-6-20-19(10-13)16-3-4-17-22-18(5-7-21(36-20)23(16)22)25(28)26(24(17)27)12-8-14(37(29,30)31)11-15(9-12)38(32,33)34/h2-11H,1H3,(H,29,30,31)(H,32,33,34). The van der Waals surface area contributed by atoms with Crippen LogP contribution in [0.1, 0.15) is 0 Å². The predicted molar refractivity (Wildman–Crippen MR) is 144 cm³/mol. The molecule has 6 rings (SSSR count). The molecule has 0 spiro atoms. The van der Waals surface area contributed by atoms with E-state index in [1.165, 1.54) is 11.3 Å². The summed E-state index contributed by atoms with van der Waals surface area (Å²) in [6.45, 7) is 0. The molecule has 2 heterocycles. The minimum absolute atomic E-state index is 0.137.